The lowest BCUT2D eigenvalue weighted by molar-refractivity contribution is 0.0832. The summed E-state index contributed by atoms with van der Waals surface area (Å²) in [4.78, 5) is 14.2. The standard InChI is InChI=1S/C15H27N3O2S/c1-9(2)7-8-17-14-12(20-10(3)4)11(16)13(21-14)15(19)18(5)6/h9-10,17H,7-8,16H2,1-6H3. The Hall–Kier alpha value is -1.43. The molecule has 5 nitrogen and oxygen atoms in total. The average molecular weight is 313 g/mol. The second kappa shape index (κ2) is 7.54. The van der Waals surface area contributed by atoms with Gasteiger partial charge in [0.2, 0.25) is 0 Å². The Balaban J connectivity index is 3.03. The molecule has 0 aliphatic rings. The third-order valence-electron chi connectivity index (χ3n) is 2.86. The molecule has 0 aliphatic carbocycles. The number of nitrogens with two attached hydrogens (primary N) is 1. The molecule has 0 unspecified atom stereocenters. The topological polar surface area (TPSA) is 67.6 Å². The van der Waals surface area contributed by atoms with E-state index in [0.717, 1.165) is 18.0 Å². The molecule has 1 aromatic heterocycles. The molecule has 1 rings (SSSR count). The first-order valence-electron chi connectivity index (χ1n) is 7.28. The summed E-state index contributed by atoms with van der Waals surface area (Å²) in [5.74, 6) is 1.12. The molecule has 0 atom stereocenters. The minimum absolute atomic E-state index is 0.00913. The van der Waals surface area contributed by atoms with Gasteiger partial charge in [-0.15, -0.1) is 11.3 Å². The number of carbonyl (C=O) groups is 1. The molecular formula is C15H27N3O2S. The van der Waals surface area contributed by atoms with Gasteiger partial charge in [-0.1, -0.05) is 13.8 Å². The summed E-state index contributed by atoms with van der Waals surface area (Å²) in [5.41, 5.74) is 6.55. The summed E-state index contributed by atoms with van der Waals surface area (Å²) >= 11 is 1.36. The Morgan fingerprint density at radius 1 is 1.33 bits per heavy atom. The molecule has 21 heavy (non-hydrogen) atoms. The lowest BCUT2D eigenvalue weighted by atomic mass is 10.1. The normalized spacial score (nSPS) is 11.0. The van der Waals surface area contributed by atoms with E-state index in [9.17, 15) is 4.79 Å². The molecule has 0 radical (unpaired) electrons. The van der Waals surface area contributed by atoms with Gasteiger partial charge in [-0.05, 0) is 26.2 Å². The number of nitrogen functional groups attached to an aromatic ring is 1. The summed E-state index contributed by atoms with van der Waals surface area (Å²) in [6, 6.07) is 0. The second-order valence-electron chi connectivity index (χ2n) is 5.98. The zero-order valence-corrected chi connectivity index (χ0v) is 14.6. The lowest BCUT2D eigenvalue weighted by Crippen LogP contribution is -2.21. The number of nitrogens with one attached hydrogen (secondary N) is 1. The van der Waals surface area contributed by atoms with E-state index in [1.807, 2.05) is 13.8 Å². The van der Waals surface area contributed by atoms with E-state index in [-0.39, 0.29) is 12.0 Å². The molecule has 120 valence electrons. The van der Waals surface area contributed by atoms with Crippen molar-refractivity contribution in [1.82, 2.24) is 4.90 Å². The zero-order chi connectivity index (χ0) is 16.2. The summed E-state index contributed by atoms with van der Waals surface area (Å²) in [7, 11) is 3.44. The minimum atomic E-state index is -0.0944. The molecule has 0 bridgehead atoms. The third-order valence-corrected chi connectivity index (χ3v) is 3.99. The van der Waals surface area contributed by atoms with Gasteiger partial charge >= 0.3 is 0 Å². The van der Waals surface area contributed by atoms with Gasteiger partial charge in [0.15, 0.2) is 5.75 Å². The molecular weight excluding hydrogens is 286 g/mol. The molecule has 1 amide bonds. The van der Waals surface area contributed by atoms with E-state index in [1.54, 1.807) is 14.1 Å². The Morgan fingerprint density at radius 3 is 2.43 bits per heavy atom. The molecule has 0 fully saturated rings. The van der Waals surface area contributed by atoms with E-state index >= 15 is 0 Å². The zero-order valence-electron chi connectivity index (χ0n) is 13.8. The molecule has 0 spiro atoms. The van der Waals surface area contributed by atoms with Crippen molar-refractivity contribution >= 4 is 27.9 Å². The van der Waals surface area contributed by atoms with Crippen molar-refractivity contribution in [3.63, 3.8) is 0 Å². The second-order valence-corrected chi connectivity index (χ2v) is 7.00. The number of rotatable bonds is 7. The number of nitrogens with zero attached hydrogens (tertiary/aromatic N) is 1. The van der Waals surface area contributed by atoms with Crippen molar-refractivity contribution in [3.05, 3.63) is 4.88 Å². The number of carbonyl (C=O) groups excluding carboxylic acids is 1. The predicted octanol–water partition coefficient (Wildman–Crippen LogP) is 3.28. The van der Waals surface area contributed by atoms with Crippen LogP contribution in [0.5, 0.6) is 5.75 Å². The van der Waals surface area contributed by atoms with Crippen LogP contribution in [0.4, 0.5) is 10.7 Å². The molecule has 3 N–H and O–H groups in total. The van der Waals surface area contributed by atoms with Gasteiger partial charge in [0.1, 0.15) is 15.6 Å². The van der Waals surface area contributed by atoms with Crippen LogP contribution in [0, 0.1) is 5.92 Å². The molecule has 0 saturated heterocycles. The van der Waals surface area contributed by atoms with E-state index < -0.39 is 0 Å². The highest BCUT2D eigenvalue weighted by Gasteiger charge is 2.24. The number of anilines is 2. The first-order valence-corrected chi connectivity index (χ1v) is 8.10. The molecule has 0 aromatic carbocycles. The molecule has 0 aliphatic heterocycles. The first kappa shape index (κ1) is 17.6. The number of ether oxygens (including phenoxy) is 1. The number of hydrogen-bond acceptors (Lipinski definition) is 5. The first-order chi connectivity index (χ1) is 9.73. The molecule has 0 saturated carbocycles. The van der Waals surface area contributed by atoms with Crippen molar-refractivity contribution in [3.8, 4) is 5.75 Å². The predicted molar refractivity (Wildman–Crippen MR) is 90.5 cm³/mol. The minimum Gasteiger partial charge on any atom is -0.486 e. The Kier molecular flexibility index (Phi) is 6.33. The molecule has 1 heterocycles. The van der Waals surface area contributed by atoms with E-state index in [2.05, 4.69) is 19.2 Å². The number of hydrogen-bond donors (Lipinski definition) is 2. The fourth-order valence-electron chi connectivity index (χ4n) is 1.73. The largest absolute Gasteiger partial charge is 0.486 e. The van der Waals surface area contributed by atoms with Crippen molar-refractivity contribution in [2.24, 2.45) is 5.92 Å². The fraction of sp³-hybridized carbons (Fsp3) is 0.667. The van der Waals surface area contributed by atoms with Gasteiger partial charge in [0.05, 0.1) is 6.10 Å². The van der Waals surface area contributed by atoms with E-state index in [1.165, 1.54) is 16.2 Å². The average Bonchev–Trinajstić information content (AvgIpc) is 2.65. The third kappa shape index (κ3) is 4.81. The van der Waals surface area contributed by atoms with Gasteiger partial charge in [0.25, 0.3) is 5.91 Å². The highest BCUT2D eigenvalue weighted by Crippen LogP contribution is 2.43. The molecule has 1 aromatic rings. The van der Waals surface area contributed by atoms with Crippen molar-refractivity contribution < 1.29 is 9.53 Å². The van der Waals surface area contributed by atoms with Crippen LogP contribution < -0.4 is 15.8 Å². The van der Waals surface area contributed by atoms with Crippen molar-refractivity contribution in [2.75, 3.05) is 31.7 Å². The van der Waals surface area contributed by atoms with Gasteiger partial charge in [-0.3, -0.25) is 4.79 Å². The van der Waals surface area contributed by atoms with E-state index in [4.69, 9.17) is 10.5 Å². The maximum absolute atomic E-state index is 12.2. The maximum Gasteiger partial charge on any atom is 0.265 e. The Labute approximate surface area is 131 Å². The summed E-state index contributed by atoms with van der Waals surface area (Å²) in [6.45, 7) is 9.08. The number of thiophene rings is 1. The van der Waals surface area contributed by atoms with Crippen LogP contribution in [-0.4, -0.2) is 37.6 Å². The van der Waals surface area contributed by atoms with Crippen LogP contribution in [-0.2, 0) is 0 Å². The van der Waals surface area contributed by atoms with Gasteiger partial charge in [-0.25, -0.2) is 0 Å². The summed E-state index contributed by atoms with van der Waals surface area (Å²) in [6.07, 6.45) is 1.06. The van der Waals surface area contributed by atoms with Crippen LogP contribution in [0.1, 0.15) is 43.8 Å². The van der Waals surface area contributed by atoms with E-state index in [0.29, 0.717) is 22.2 Å². The lowest BCUT2D eigenvalue weighted by Gasteiger charge is -2.13. The number of amides is 1. The molecule has 6 heteroatoms. The maximum atomic E-state index is 12.2. The Morgan fingerprint density at radius 2 is 1.95 bits per heavy atom. The van der Waals surface area contributed by atoms with Gasteiger partial charge in [-0.2, -0.15) is 0 Å². The highest BCUT2D eigenvalue weighted by atomic mass is 32.1. The fourth-order valence-corrected chi connectivity index (χ4v) is 2.84. The summed E-state index contributed by atoms with van der Waals surface area (Å²) < 4.78 is 5.80. The smallest absolute Gasteiger partial charge is 0.265 e. The highest BCUT2D eigenvalue weighted by molar-refractivity contribution is 7.19. The van der Waals surface area contributed by atoms with Gasteiger partial charge in [0, 0.05) is 20.6 Å². The SMILES string of the molecule is CC(C)CCNc1sc(C(=O)N(C)C)c(N)c1OC(C)C. The Bertz CT molecular complexity index is 482. The summed E-state index contributed by atoms with van der Waals surface area (Å²) in [5, 5.41) is 4.19. The van der Waals surface area contributed by atoms with Crippen LogP contribution in [0.25, 0.3) is 0 Å². The van der Waals surface area contributed by atoms with Crippen LogP contribution >= 0.6 is 11.3 Å². The van der Waals surface area contributed by atoms with Crippen molar-refractivity contribution in [2.45, 2.75) is 40.2 Å². The van der Waals surface area contributed by atoms with Crippen LogP contribution in [0.3, 0.4) is 0 Å². The van der Waals surface area contributed by atoms with Crippen molar-refractivity contribution in [1.29, 1.82) is 0 Å². The van der Waals surface area contributed by atoms with Gasteiger partial charge < -0.3 is 20.7 Å². The monoisotopic (exact) mass is 313 g/mol. The van der Waals surface area contributed by atoms with Crippen LogP contribution in [0.15, 0.2) is 0 Å². The quantitative estimate of drug-likeness (QED) is 0.810. The van der Waals surface area contributed by atoms with Crippen LogP contribution in [0.2, 0.25) is 0 Å².